The molecule has 2 aliphatic rings. The van der Waals surface area contributed by atoms with E-state index in [0.29, 0.717) is 12.8 Å². The molecule has 1 heterocycles. The van der Waals surface area contributed by atoms with Crippen LogP contribution in [-0.4, -0.2) is 41.0 Å². The highest BCUT2D eigenvalue weighted by atomic mass is 19.4. The molecule has 1 saturated heterocycles. The van der Waals surface area contributed by atoms with Crippen LogP contribution in [0, 0.1) is 0 Å². The lowest BCUT2D eigenvalue weighted by Gasteiger charge is -2.49. The van der Waals surface area contributed by atoms with Gasteiger partial charge in [-0.3, -0.25) is 9.59 Å². The molecule has 21 heavy (non-hydrogen) atoms. The smallest absolute Gasteiger partial charge is 0.343 e. The number of alkyl halides is 3. The summed E-state index contributed by atoms with van der Waals surface area (Å²) >= 11 is 0. The Balaban J connectivity index is 2.14. The van der Waals surface area contributed by atoms with Crippen LogP contribution >= 0.6 is 0 Å². The van der Waals surface area contributed by atoms with Gasteiger partial charge >= 0.3 is 6.18 Å². The number of nitrogens with one attached hydrogen (secondary N) is 1. The number of hydrogen-bond donors (Lipinski definition) is 1. The van der Waals surface area contributed by atoms with E-state index in [1.165, 1.54) is 4.90 Å². The van der Waals surface area contributed by atoms with Gasteiger partial charge in [0.1, 0.15) is 11.6 Å². The van der Waals surface area contributed by atoms with E-state index in [-0.39, 0.29) is 24.8 Å². The highest BCUT2D eigenvalue weighted by molar-refractivity contribution is 5.99. The number of halogens is 3. The first kappa shape index (κ1) is 16.1. The predicted molar refractivity (Wildman–Crippen MR) is 70.4 cm³/mol. The molecule has 1 aliphatic carbocycles. The average molecular weight is 306 g/mol. The Morgan fingerprint density at radius 1 is 1.24 bits per heavy atom. The summed E-state index contributed by atoms with van der Waals surface area (Å²) in [5.74, 6) is -0.472. The fourth-order valence-corrected chi connectivity index (χ4v) is 3.36. The van der Waals surface area contributed by atoms with Gasteiger partial charge in [0.15, 0.2) is 0 Å². The minimum atomic E-state index is -4.23. The van der Waals surface area contributed by atoms with E-state index in [4.69, 9.17) is 0 Å². The fourth-order valence-electron chi connectivity index (χ4n) is 3.36. The molecule has 1 aliphatic heterocycles. The van der Waals surface area contributed by atoms with Crippen LogP contribution in [0.5, 0.6) is 0 Å². The molecule has 1 spiro atoms. The van der Waals surface area contributed by atoms with E-state index in [9.17, 15) is 22.8 Å². The molecule has 0 aromatic heterocycles. The summed E-state index contributed by atoms with van der Waals surface area (Å²) in [4.78, 5) is 26.1. The Bertz CT molecular complexity index is 417. The Morgan fingerprint density at radius 3 is 2.43 bits per heavy atom. The lowest BCUT2D eigenvalue weighted by atomic mass is 9.77. The number of piperazine rings is 1. The quantitative estimate of drug-likeness (QED) is 0.870. The van der Waals surface area contributed by atoms with Crippen LogP contribution in [0.1, 0.15) is 51.9 Å². The van der Waals surface area contributed by atoms with Crippen molar-refractivity contribution >= 4 is 11.8 Å². The van der Waals surface area contributed by atoms with Crippen LogP contribution in [0.2, 0.25) is 0 Å². The first-order valence-corrected chi connectivity index (χ1v) is 7.45. The number of amides is 2. The topological polar surface area (TPSA) is 49.4 Å². The summed E-state index contributed by atoms with van der Waals surface area (Å²) in [6.45, 7) is 1.57. The summed E-state index contributed by atoms with van der Waals surface area (Å²) in [5, 5.41) is 2.67. The van der Waals surface area contributed by atoms with Crippen LogP contribution in [0.15, 0.2) is 0 Å². The maximum Gasteiger partial charge on any atom is 0.389 e. The second-order valence-corrected chi connectivity index (χ2v) is 6.00. The third-order valence-corrected chi connectivity index (χ3v) is 4.45. The average Bonchev–Trinajstić information content (AvgIpc) is 2.41. The summed E-state index contributed by atoms with van der Waals surface area (Å²) in [5.41, 5.74) is -0.923. The summed E-state index contributed by atoms with van der Waals surface area (Å²) < 4.78 is 36.9. The lowest BCUT2D eigenvalue weighted by Crippen LogP contribution is -2.70. The largest absolute Gasteiger partial charge is 0.389 e. The molecule has 7 heteroatoms. The third kappa shape index (κ3) is 3.32. The van der Waals surface area contributed by atoms with E-state index < -0.39 is 24.2 Å². The zero-order chi connectivity index (χ0) is 15.7. The van der Waals surface area contributed by atoms with Crippen molar-refractivity contribution in [1.82, 2.24) is 10.2 Å². The monoisotopic (exact) mass is 306 g/mol. The van der Waals surface area contributed by atoms with Gasteiger partial charge in [-0.25, -0.2) is 0 Å². The van der Waals surface area contributed by atoms with E-state index in [2.05, 4.69) is 5.32 Å². The summed E-state index contributed by atoms with van der Waals surface area (Å²) in [7, 11) is 0. The van der Waals surface area contributed by atoms with Crippen molar-refractivity contribution in [2.24, 2.45) is 0 Å². The summed E-state index contributed by atoms with van der Waals surface area (Å²) in [6.07, 6.45) is -1.58. The highest BCUT2D eigenvalue weighted by Crippen LogP contribution is 2.37. The molecule has 0 bridgehead atoms. The van der Waals surface area contributed by atoms with Gasteiger partial charge in [-0.05, 0) is 26.2 Å². The van der Waals surface area contributed by atoms with Gasteiger partial charge in [-0.1, -0.05) is 19.3 Å². The number of carbonyl (C=O) groups is 2. The molecule has 2 rings (SSSR count). The first-order chi connectivity index (χ1) is 9.76. The second kappa shape index (κ2) is 5.85. The maximum absolute atomic E-state index is 12.4. The van der Waals surface area contributed by atoms with Gasteiger partial charge in [-0.15, -0.1) is 0 Å². The van der Waals surface area contributed by atoms with Gasteiger partial charge in [0.25, 0.3) is 0 Å². The number of nitrogens with zero attached hydrogens (tertiary/aromatic N) is 1. The van der Waals surface area contributed by atoms with Gasteiger partial charge < -0.3 is 10.2 Å². The van der Waals surface area contributed by atoms with Gasteiger partial charge in [0.05, 0.1) is 0 Å². The van der Waals surface area contributed by atoms with Crippen molar-refractivity contribution in [1.29, 1.82) is 0 Å². The Kier molecular flexibility index (Phi) is 4.49. The molecule has 0 radical (unpaired) electrons. The second-order valence-electron chi connectivity index (χ2n) is 6.00. The Morgan fingerprint density at radius 2 is 1.86 bits per heavy atom. The molecule has 0 aromatic carbocycles. The van der Waals surface area contributed by atoms with E-state index in [1.54, 1.807) is 6.92 Å². The van der Waals surface area contributed by atoms with Gasteiger partial charge in [0, 0.05) is 13.0 Å². The van der Waals surface area contributed by atoms with E-state index in [0.717, 1.165) is 19.3 Å². The highest BCUT2D eigenvalue weighted by Gasteiger charge is 2.51. The minimum Gasteiger partial charge on any atom is -0.343 e. The van der Waals surface area contributed by atoms with Crippen LogP contribution < -0.4 is 5.32 Å². The standard InChI is InChI=1S/C14H21F3N2O2/c1-10-11(20)19(9-5-8-14(15,16)17)13(12(21)18-10)6-3-2-4-7-13/h10H,2-9H2,1H3,(H,18,21). The number of carbonyl (C=O) groups excluding carboxylic acids is 2. The van der Waals surface area contributed by atoms with Crippen molar-refractivity contribution in [3.05, 3.63) is 0 Å². The van der Waals surface area contributed by atoms with Gasteiger partial charge in [-0.2, -0.15) is 13.2 Å². The van der Waals surface area contributed by atoms with E-state index in [1.807, 2.05) is 0 Å². The molecule has 1 N–H and O–H groups in total. The molecule has 120 valence electrons. The third-order valence-electron chi connectivity index (χ3n) is 4.45. The molecule has 1 saturated carbocycles. The zero-order valence-electron chi connectivity index (χ0n) is 12.1. The summed E-state index contributed by atoms with van der Waals surface area (Å²) in [6, 6.07) is -0.657. The molecular weight excluding hydrogens is 285 g/mol. The maximum atomic E-state index is 12.4. The van der Waals surface area contributed by atoms with E-state index >= 15 is 0 Å². The minimum absolute atomic E-state index is 0.00387. The lowest BCUT2D eigenvalue weighted by molar-refractivity contribution is -0.161. The van der Waals surface area contributed by atoms with Crippen molar-refractivity contribution in [3.63, 3.8) is 0 Å². The van der Waals surface area contributed by atoms with Crippen LogP contribution in [-0.2, 0) is 9.59 Å². The normalized spacial score (nSPS) is 26.1. The molecule has 2 amide bonds. The van der Waals surface area contributed by atoms with Crippen molar-refractivity contribution < 1.29 is 22.8 Å². The molecule has 1 atom stereocenters. The Labute approximate surface area is 122 Å². The predicted octanol–water partition coefficient (Wildman–Crippen LogP) is 2.38. The van der Waals surface area contributed by atoms with Gasteiger partial charge in [0.2, 0.25) is 11.8 Å². The molecule has 1 unspecified atom stereocenters. The van der Waals surface area contributed by atoms with Crippen LogP contribution in [0.25, 0.3) is 0 Å². The Hall–Kier alpha value is -1.27. The van der Waals surface area contributed by atoms with Crippen molar-refractivity contribution in [2.45, 2.75) is 69.6 Å². The SMILES string of the molecule is CC1NC(=O)C2(CCCCC2)N(CCCC(F)(F)F)C1=O. The molecule has 0 aromatic rings. The van der Waals surface area contributed by atoms with Crippen LogP contribution in [0.3, 0.4) is 0 Å². The zero-order valence-corrected chi connectivity index (χ0v) is 12.1. The number of rotatable bonds is 3. The molecular formula is C14H21F3N2O2. The molecule has 2 fully saturated rings. The molecule has 4 nitrogen and oxygen atoms in total. The fraction of sp³-hybridized carbons (Fsp3) is 0.857. The van der Waals surface area contributed by atoms with Crippen molar-refractivity contribution in [2.75, 3.05) is 6.54 Å². The number of hydrogen-bond acceptors (Lipinski definition) is 2. The van der Waals surface area contributed by atoms with Crippen molar-refractivity contribution in [3.8, 4) is 0 Å². The first-order valence-electron chi connectivity index (χ1n) is 7.45. The van der Waals surface area contributed by atoms with Crippen LogP contribution in [0.4, 0.5) is 13.2 Å².